The highest BCUT2D eigenvalue weighted by Gasteiger charge is 2.17. The zero-order valence-electron chi connectivity index (χ0n) is 7.31. The van der Waals surface area contributed by atoms with Crippen LogP contribution in [0.25, 0.3) is 0 Å². The molecule has 0 aliphatic carbocycles. The molecule has 0 radical (unpaired) electrons. The monoisotopic (exact) mass is 180 g/mol. The summed E-state index contributed by atoms with van der Waals surface area (Å²) < 4.78 is 5.26. The normalized spacial score (nSPS) is 22.0. The number of nitrogens with zero attached hydrogens (tertiary/aromatic N) is 3. The third kappa shape index (κ3) is 2.12. The highest BCUT2D eigenvalue weighted by Crippen LogP contribution is 2.15. The van der Waals surface area contributed by atoms with E-state index in [4.69, 9.17) is 10.5 Å². The second-order valence-electron chi connectivity index (χ2n) is 3.19. The fraction of sp³-hybridized carbons (Fsp3) is 0.625. The molecule has 0 spiro atoms. The smallest absolute Gasteiger partial charge is 0.223 e. The summed E-state index contributed by atoms with van der Waals surface area (Å²) >= 11 is 0. The molecule has 5 nitrogen and oxygen atoms in total. The molecule has 1 atom stereocenters. The Kier molecular flexibility index (Phi) is 2.35. The van der Waals surface area contributed by atoms with Crippen molar-refractivity contribution in [1.82, 2.24) is 15.0 Å². The average Bonchev–Trinajstić information content (AvgIpc) is 2.57. The van der Waals surface area contributed by atoms with Gasteiger partial charge in [0.2, 0.25) is 5.95 Å². The Morgan fingerprint density at radius 2 is 2.46 bits per heavy atom. The lowest BCUT2D eigenvalue weighted by molar-refractivity contribution is 0.185. The Morgan fingerprint density at radius 1 is 1.54 bits per heavy atom. The lowest BCUT2D eigenvalue weighted by Crippen LogP contribution is -2.09. The zero-order valence-corrected chi connectivity index (χ0v) is 7.31. The first kappa shape index (κ1) is 8.37. The number of nitrogen functional groups attached to an aromatic ring is 1. The Labute approximate surface area is 76.4 Å². The van der Waals surface area contributed by atoms with Crippen LogP contribution in [0.3, 0.4) is 0 Å². The fourth-order valence-electron chi connectivity index (χ4n) is 1.45. The largest absolute Gasteiger partial charge is 0.381 e. The van der Waals surface area contributed by atoms with Crippen molar-refractivity contribution >= 4 is 5.95 Å². The average molecular weight is 180 g/mol. The van der Waals surface area contributed by atoms with Crippen LogP contribution in [0.4, 0.5) is 5.95 Å². The van der Waals surface area contributed by atoms with Crippen LogP contribution in [0.1, 0.15) is 12.2 Å². The van der Waals surface area contributed by atoms with Crippen LogP contribution in [0.15, 0.2) is 6.33 Å². The molecule has 0 saturated carbocycles. The molecule has 0 bridgehead atoms. The van der Waals surface area contributed by atoms with Crippen molar-refractivity contribution in [3.63, 3.8) is 0 Å². The van der Waals surface area contributed by atoms with Crippen molar-refractivity contribution in [3.8, 4) is 0 Å². The maximum absolute atomic E-state index is 5.44. The van der Waals surface area contributed by atoms with Gasteiger partial charge in [0.1, 0.15) is 12.2 Å². The molecule has 0 amide bonds. The Morgan fingerprint density at radius 3 is 3.15 bits per heavy atom. The molecule has 1 saturated heterocycles. The quantitative estimate of drug-likeness (QED) is 0.695. The first-order valence-corrected chi connectivity index (χ1v) is 4.36. The summed E-state index contributed by atoms with van der Waals surface area (Å²) in [7, 11) is 0. The summed E-state index contributed by atoms with van der Waals surface area (Å²) in [6.07, 6.45) is 3.38. The number of nitrogens with two attached hydrogens (primary N) is 1. The molecule has 2 N–H and O–H groups in total. The summed E-state index contributed by atoms with van der Waals surface area (Å²) in [4.78, 5) is 11.8. The molecular weight excluding hydrogens is 168 g/mol. The highest BCUT2D eigenvalue weighted by atomic mass is 16.5. The van der Waals surface area contributed by atoms with E-state index in [1.54, 1.807) is 0 Å². The number of anilines is 1. The Balaban J connectivity index is 2.00. The van der Waals surface area contributed by atoms with Crippen molar-refractivity contribution in [2.24, 2.45) is 5.92 Å². The number of aromatic nitrogens is 3. The predicted molar refractivity (Wildman–Crippen MR) is 46.9 cm³/mol. The van der Waals surface area contributed by atoms with Crippen LogP contribution in [0, 0.1) is 5.92 Å². The third-order valence-corrected chi connectivity index (χ3v) is 2.14. The van der Waals surface area contributed by atoms with Crippen molar-refractivity contribution in [2.45, 2.75) is 12.8 Å². The molecule has 1 aromatic heterocycles. The molecular formula is C8H12N4O. The van der Waals surface area contributed by atoms with Gasteiger partial charge in [-0.3, -0.25) is 0 Å². The van der Waals surface area contributed by atoms with E-state index in [9.17, 15) is 0 Å². The summed E-state index contributed by atoms with van der Waals surface area (Å²) in [5, 5.41) is 0. The minimum absolute atomic E-state index is 0.295. The summed E-state index contributed by atoms with van der Waals surface area (Å²) in [6.45, 7) is 1.66. The molecule has 5 heteroatoms. The van der Waals surface area contributed by atoms with Crippen molar-refractivity contribution < 1.29 is 4.74 Å². The van der Waals surface area contributed by atoms with Gasteiger partial charge in [0.25, 0.3) is 0 Å². The van der Waals surface area contributed by atoms with E-state index in [2.05, 4.69) is 15.0 Å². The topological polar surface area (TPSA) is 73.9 Å². The molecule has 13 heavy (non-hydrogen) atoms. The van der Waals surface area contributed by atoms with E-state index in [0.717, 1.165) is 31.9 Å². The molecule has 0 aromatic carbocycles. The summed E-state index contributed by atoms with van der Waals surface area (Å²) in [6, 6.07) is 0. The minimum Gasteiger partial charge on any atom is -0.381 e. The molecule has 1 unspecified atom stereocenters. The van der Waals surface area contributed by atoms with Crippen molar-refractivity contribution in [3.05, 3.63) is 12.2 Å². The van der Waals surface area contributed by atoms with Crippen molar-refractivity contribution in [2.75, 3.05) is 18.9 Å². The third-order valence-electron chi connectivity index (χ3n) is 2.14. The van der Waals surface area contributed by atoms with Crippen LogP contribution in [0.5, 0.6) is 0 Å². The first-order valence-electron chi connectivity index (χ1n) is 4.36. The van der Waals surface area contributed by atoms with Crippen LogP contribution >= 0.6 is 0 Å². The van der Waals surface area contributed by atoms with Gasteiger partial charge in [0.05, 0.1) is 0 Å². The summed E-state index contributed by atoms with van der Waals surface area (Å²) in [5.41, 5.74) is 5.44. The SMILES string of the molecule is Nc1ncnc(CC2CCOC2)n1. The lowest BCUT2D eigenvalue weighted by Gasteiger charge is -2.04. The van der Waals surface area contributed by atoms with Crippen LogP contribution < -0.4 is 5.73 Å². The Hall–Kier alpha value is -1.23. The van der Waals surface area contributed by atoms with Gasteiger partial charge in [-0.1, -0.05) is 0 Å². The predicted octanol–water partition coefficient (Wildman–Crippen LogP) is 0.0328. The fourth-order valence-corrected chi connectivity index (χ4v) is 1.45. The van der Waals surface area contributed by atoms with Gasteiger partial charge in [-0.2, -0.15) is 4.98 Å². The molecule has 70 valence electrons. The molecule has 1 aliphatic heterocycles. The van der Waals surface area contributed by atoms with Crippen LogP contribution in [-0.2, 0) is 11.2 Å². The standard InChI is InChI=1S/C8H12N4O/c9-8-11-5-10-7(12-8)3-6-1-2-13-4-6/h5-6H,1-4H2,(H2,9,10,11,12). The van der Waals surface area contributed by atoms with Crippen LogP contribution in [0.2, 0.25) is 0 Å². The first-order chi connectivity index (χ1) is 6.34. The molecule has 1 aromatic rings. The Bertz CT molecular complexity index is 285. The maximum atomic E-state index is 5.44. The van der Waals surface area contributed by atoms with Gasteiger partial charge in [-0.05, 0) is 12.3 Å². The molecule has 1 aliphatic rings. The van der Waals surface area contributed by atoms with Gasteiger partial charge < -0.3 is 10.5 Å². The van der Waals surface area contributed by atoms with Gasteiger partial charge in [0, 0.05) is 19.6 Å². The maximum Gasteiger partial charge on any atom is 0.223 e. The van der Waals surface area contributed by atoms with Crippen LogP contribution in [-0.4, -0.2) is 28.2 Å². The van der Waals surface area contributed by atoms with Gasteiger partial charge in [-0.15, -0.1) is 0 Å². The van der Waals surface area contributed by atoms with Crippen molar-refractivity contribution in [1.29, 1.82) is 0 Å². The van der Waals surface area contributed by atoms with E-state index in [1.807, 2.05) is 0 Å². The van der Waals surface area contributed by atoms with E-state index in [0.29, 0.717) is 11.9 Å². The lowest BCUT2D eigenvalue weighted by atomic mass is 10.1. The van der Waals surface area contributed by atoms with Gasteiger partial charge in [0.15, 0.2) is 0 Å². The van der Waals surface area contributed by atoms with E-state index < -0.39 is 0 Å². The second-order valence-corrected chi connectivity index (χ2v) is 3.19. The van der Waals surface area contributed by atoms with E-state index in [-0.39, 0.29) is 0 Å². The van der Waals surface area contributed by atoms with Gasteiger partial charge in [-0.25, -0.2) is 9.97 Å². The van der Waals surface area contributed by atoms with E-state index in [1.165, 1.54) is 6.33 Å². The van der Waals surface area contributed by atoms with Gasteiger partial charge >= 0.3 is 0 Å². The highest BCUT2D eigenvalue weighted by molar-refractivity contribution is 5.12. The molecule has 2 heterocycles. The molecule has 2 rings (SSSR count). The summed E-state index contributed by atoms with van der Waals surface area (Å²) in [5.74, 6) is 1.61. The molecule has 1 fully saturated rings. The minimum atomic E-state index is 0.295. The van der Waals surface area contributed by atoms with E-state index >= 15 is 0 Å². The number of hydrogen-bond acceptors (Lipinski definition) is 5. The zero-order chi connectivity index (χ0) is 9.10. The second kappa shape index (κ2) is 3.66. The number of hydrogen-bond donors (Lipinski definition) is 1. The number of ether oxygens (including phenoxy) is 1. The number of rotatable bonds is 2.